The van der Waals surface area contributed by atoms with E-state index in [-0.39, 0.29) is 6.61 Å². The minimum absolute atomic E-state index is 0.147. The molecule has 0 spiro atoms. The Morgan fingerprint density at radius 2 is 1.84 bits per heavy atom. The number of nitrogens with two attached hydrogens (primary N) is 1. The summed E-state index contributed by atoms with van der Waals surface area (Å²) < 4.78 is 16.2. The van der Waals surface area contributed by atoms with Gasteiger partial charge in [-0.25, -0.2) is 0 Å². The highest BCUT2D eigenvalue weighted by Crippen LogP contribution is 2.39. The molecule has 0 aliphatic carbocycles. The van der Waals surface area contributed by atoms with Gasteiger partial charge in [-0.15, -0.1) is 0 Å². The summed E-state index contributed by atoms with van der Waals surface area (Å²) in [5.41, 5.74) is 7.82. The zero-order valence-corrected chi connectivity index (χ0v) is 12.4. The van der Waals surface area contributed by atoms with Crippen LogP contribution in [0.1, 0.15) is 5.56 Å². The summed E-state index contributed by atoms with van der Waals surface area (Å²) in [6.45, 7) is 0.696. The Bertz CT molecular complexity index is 425. The van der Waals surface area contributed by atoms with Crippen LogP contribution in [0.4, 0.5) is 0 Å². The van der Waals surface area contributed by atoms with E-state index in [1.807, 2.05) is 12.1 Å². The first-order chi connectivity index (χ1) is 9.15. The standard InChI is InChI=1S/C13H17Cl2NO3/c1-17-11-5-9(3-4-16)6-12(18-2)13(11)19-8-10(15)7-14/h5-7H,3-4,8,16H2,1-2H3. The van der Waals surface area contributed by atoms with E-state index < -0.39 is 0 Å². The molecular weight excluding hydrogens is 289 g/mol. The van der Waals surface area contributed by atoms with Crippen molar-refractivity contribution in [1.82, 2.24) is 0 Å². The van der Waals surface area contributed by atoms with Gasteiger partial charge in [0.2, 0.25) is 5.75 Å². The topological polar surface area (TPSA) is 53.7 Å². The zero-order valence-electron chi connectivity index (χ0n) is 10.9. The molecule has 1 rings (SSSR count). The fraction of sp³-hybridized carbons (Fsp3) is 0.385. The lowest BCUT2D eigenvalue weighted by atomic mass is 10.1. The molecule has 0 aliphatic rings. The lowest BCUT2D eigenvalue weighted by Crippen LogP contribution is -2.05. The number of methoxy groups -OCH3 is 2. The molecule has 0 fully saturated rings. The molecule has 1 aromatic carbocycles. The molecule has 0 radical (unpaired) electrons. The molecule has 1 aromatic rings. The van der Waals surface area contributed by atoms with Crippen LogP contribution in [-0.4, -0.2) is 27.4 Å². The third-order valence-corrected chi connectivity index (χ3v) is 3.02. The van der Waals surface area contributed by atoms with Gasteiger partial charge in [0.25, 0.3) is 0 Å². The Hall–Kier alpha value is -1.10. The quantitative estimate of drug-likeness (QED) is 0.841. The number of ether oxygens (including phenoxy) is 3. The monoisotopic (exact) mass is 305 g/mol. The van der Waals surface area contributed by atoms with Crippen molar-refractivity contribution < 1.29 is 14.2 Å². The molecule has 0 bridgehead atoms. The molecule has 0 heterocycles. The number of rotatable bonds is 7. The van der Waals surface area contributed by atoms with Gasteiger partial charge in [0.1, 0.15) is 6.61 Å². The summed E-state index contributed by atoms with van der Waals surface area (Å²) in [7, 11) is 3.12. The van der Waals surface area contributed by atoms with E-state index in [2.05, 4.69) is 0 Å². The largest absolute Gasteiger partial charge is 0.493 e. The van der Waals surface area contributed by atoms with Gasteiger partial charge in [0.15, 0.2) is 11.5 Å². The van der Waals surface area contributed by atoms with Crippen LogP contribution in [0.15, 0.2) is 22.7 Å². The molecule has 0 saturated carbocycles. The molecule has 0 saturated heterocycles. The van der Waals surface area contributed by atoms with Crippen molar-refractivity contribution in [2.24, 2.45) is 5.73 Å². The average molecular weight is 306 g/mol. The molecular formula is C13H17Cl2NO3. The van der Waals surface area contributed by atoms with E-state index in [1.165, 1.54) is 5.54 Å². The van der Waals surface area contributed by atoms with Crippen LogP contribution in [-0.2, 0) is 6.42 Å². The number of halogens is 2. The maximum atomic E-state index is 5.79. The minimum atomic E-state index is 0.147. The maximum Gasteiger partial charge on any atom is 0.203 e. The minimum Gasteiger partial charge on any atom is -0.493 e. The highest BCUT2D eigenvalue weighted by Gasteiger charge is 2.14. The van der Waals surface area contributed by atoms with Crippen molar-refractivity contribution in [3.05, 3.63) is 28.3 Å². The van der Waals surface area contributed by atoms with Crippen LogP contribution >= 0.6 is 23.2 Å². The van der Waals surface area contributed by atoms with Gasteiger partial charge in [0.05, 0.1) is 19.3 Å². The molecule has 6 heteroatoms. The molecule has 0 atom stereocenters. The highest BCUT2D eigenvalue weighted by atomic mass is 35.5. The second-order valence-corrected chi connectivity index (χ2v) is 4.42. The molecule has 4 nitrogen and oxygen atoms in total. The summed E-state index contributed by atoms with van der Waals surface area (Å²) in [6, 6.07) is 3.73. The Kier molecular flexibility index (Phi) is 6.84. The second kappa shape index (κ2) is 8.15. The van der Waals surface area contributed by atoms with Crippen LogP contribution < -0.4 is 19.9 Å². The Labute approximate surface area is 123 Å². The smallest absolute Gasteiger partial charge is 0.203 e. The molecule has 106 valence electrons. The average Bonchev–Trinajstić information content (AvgIpc) is 2.44. The summed E-state index contributed by atoms with van der Waals surface area (Å²) in [6.07, 6.45) is 0.731. The van der Waals surface area contributed by atoms with Crippen molar-refractivity contribution in [2.75, 3.05) is 27.4 Å². The van der Waals surface area contributed by atoms with Crippen LogP contribution in [0.3, 0.4) is 0 Å². The van der Waals surface area contributed by atoms with Gasteiger partial charge in [0, 0.05) is 5.54 Å². The molecule has 19 heavy (non-hydrogen) atoms. The Morgan fingerprint density at radius 1 is 1.26 bits per heavy atom. The fourth-order valence-electron chi connectivity index (χ4n) is 1.56. The molecule has 2 N–H and O–H groups in total. The third-order valence-electron chi connectivity index (χ3n) is 2.43. The predicted molar refractivity (Wildman–Crippen MR) is 77.6 cm³/mol. The van der Waals surface area contributed by atoms with Crippen molar-refractivity contribution >= 4 is 23.2 Å². The first-order valence-electron chi connectivity index (χ1n) is 5.68. The van der Waals surface area contributed by atoms with E-state index in [1.54, 1.807) is 14.2 Å². The van der Waals surface area contributed by atoms with Gasteiger partial charge in [-0.2, -0.15) is 0 Å². The van der Waals surface area contributed by atoms with Gasteiger partial charge in [-0.05, 0) is 30.7 Å². The van der Waals surface area contributed by atoms with Gasteiger partial charge in [-0.3, -0.25) is 0 Å². The molecule has 0 aromatic heterocycles. The van der Waals surface area contributed by atoms with E-state index in [0.717, 1.165) is 12.0 Å². The lowest BCUT2D eigenvalue weighted by Gasteiger charge is -2.15. The van der Waals surface area contributed by atoms with E-state index in [4.69, 9.17) is 43.1 Å². The SMILES string of the molecule is COc1cc(CCN)cc(OC)c1OCC(Cl)=CCl. The van der Waals surface area contributed by atoms with Crippen LogP contribution in [0.2, 0.25) is 0 Å². The summed E-state index contributed by atoms with van der Waals surface area (Å²) in [4.78, 5) is 0. The summed E-state index contributed by atoms with van der Waals surface area (Å²) in [5, 5.41) is 0.386. The van der Waals surface area contributed by atoms with Crippen LogP contribution in [0, 0.1) is 0 Å². The van der Waals surface area contributed by atoms with Crippen molar-refractivity contribution in [2.45, 2.75) is 6.42 Å². The van der Waals surface area contributed by atoms with Crippen LogP contribution in [0.5, 0.6) is 17.2 Å². The van der Waals surface area contributed by atoms with Gasteiger partial charge in [-0.1, -0.05) is 23.2 Å². The van der Waals surface area contributed by atoms with Gasteiger partial charge >= 0.3 is 0 Å². The maximum absolute atomic E-state index is 5.79. The van der Waals surface area contributed by atoms with E-state index in [0.29, 0.717) is 28.8 Å². The van der Waals surface area contributed by atoms with E-state index >= 15 is 0 Å². The normalized spacial score (nSPS) is 11.3. The molecule has 0 aliphatic heterocycles. The summed E-state index contributed by atoms with van der Waals surface area (Å²) in [5.74, 6) is 1.63. The first kappa shape index (κ1) is 16.0. The number of hydrogen-bond acceptors (Lipinski definition) is 4. The number of benzene rings is 1. The second-order valence-electron chi connectivity index (χ2n) is 3.71. The molecule has 0 amide bonds. The van der Waals surface area contributed by atoms with E-state index in [9.17, 15) is 0 Å². The lowest BCUT2D eigenvalue weighted by molar-refractivity contribution is 0.298. The molecule has 0 unspecified atom stereocenters. The van der Waals surface area contributed by atoms with Crippen molar-refractivity contribution in [3.8, 4) is 17.2 Å². The van der Waals surface area contributed by atoms with Crippen molar-refractivity contribution in [3.63, 3.8) is 0 Å². The van der Waals surface area contributed by atoms with Gasteiger partial charge < -0.3 is 19.9 Å². The first-order valence-corrected chi connectivity index (χ1v) is 6.50. The Morgan fingerprint density at radius 3 is 2.26 bits per heavy atom. The fourth-order valence-corrected chi connectivity index (χ4v) is 1.68. The third kappa shape index (κ3) is 4.49. The predicted octanol–water partition coefficient (Wildman–Crippen LogP) is 2.90. The highest BCUT2D eigenvalue weighted by molar-refractivity contribution is 6.36. The van der Waals surface area contributed by atoms with Crippen LogP contribution in [0.25, 0.3) is 0 Å². The number of hydrogen-bond donors (Lipinski definition) is 1. The Balaban J connectivity index is 3.06. The van der Waals surface area contributed by atoms with Crippen molar-refractivity contribution in [1.29, 1.82) is 0 Å². The zero-order chi connectivity index (χ0) is 14.3. The summed E-state index contributed by atoms with van der Waals surface area (Å²) >= 11 is 11.3.